The van der Waals surface area contributed by atoms with Crippen molar-refractivity contribution in [2.45, 2.75) is 37.7 Å². The molecule has 8 nitrogen and oxygen atoms in total. The molecular formula is C23H18FNO7. The highest BCUT2D eigenvalue weighted by Crippen LogP contribution is 2.45. The van der Waals surface area contributed by atoms with Gasteiger partial charge in [0.2, 0.25) is 6.29 Å². The van der Waals surface area contributed by atoms with Gasteiger partial charge in [0, 0.05) is 28.3 Å². The lowest BCUT2D eigenvalue weighted by Gasteiger charge is -2.38. The molecule has 0 saturated carbocycles. The Morgan fingerprint density at radius 1 is 1.00 bits per heavy atom. The third-order valence-electron chi connectivity index (χ3n) is 5.86. The van der Waals surface area contributed by atoms with Crippen molar-refractivity contribution in [3.8, 4) is 11.5 Å². The van der Waals surface area contributed by atoms with Crippen LogP contribution in [-0.4, -0.2) is 62.6 Å². The zero-order valence-electron chi connectivity index (χ0n) is 16.7. The predicted molar refractivity (Wildman–Crippen MR) is 109 cm³/mol. The third-order valence-corrected chi connectivity index (χ3v) is 5.86. The maximum Gasteiger partial charge on any atom is 0.234 e. The van der Waals surface area contributed by atoms with E-state index in [-0.39, 0.29) is 38.9 Å². The number of carbonyl (C=O) groups is 2. The van der Waals surface area contributed by atoms with Crippen LogP contribution in [0.25, 0.3) is 10.9 Å². The van der Waals surface area contributed by atoms with Crippen LogP contribution in [0.15, 0.2) is 42.6 Å². The summed E-state index contributed by atoms with van der Waals surface area (Å²) in [5.41, 5.74) is 0.0526. The number of nitrogens with zero attached hydrogens (tertiary/aromatic N) is 1. The number of halogens is 1. The third kappa shape index (κ3) is 2.82. The van der Waals surface area contributed by atoms with Gasteiger partial charge in [0.15, 0.2) is 29.2 Å². The van der Waals surface area contributed by atoms with E-state index < -0.39 is 48.1 Å². The minimum Gasteiger partial charge on any atom is -0.504 e. The molecule has 32 heavy (non-hydrogen) atoms. The monoisotopic (exact) mass is 439 g/mol. The minimum absolute atomic E-state index is 0.0214. The molecule has 1 fully saturated rings. The van der Waals surface area contributed by atoms with E-state index in [1.807, 2.05) is 0 Å². The van der Waals surface area contributed by atoms with E-state index in [1.54, 1.807) is 24.3 Å². The number of hydrogen-bond donors (Lipinski definition) is 3. The van der Waals surface area contributed by atoms with Gasteiger partial charge in [-0.25, -0.2) is 4.39 Å². The molecule has 2 aliphatic rings. The number of benzene rings is 2. The van der Waals surface area contributed by atoms with Crippen molar-refractivity contribution in [1.82, 2.24) is 4.98 Å². The van der Waals surface area contributed by atoms with Gasteiger partial charge in [0.25, 0.3) is 0 Å². The van der Waals surface area contributed by atoms with Gasteiger partial charge in [-0.05, 0) is 13.0 Å². The van der Waals surface area contributed by atoms with Gasteiger partial charge < -0.3 is 24.8 Å². The molecular weight excluding hydrogens is 421 g/mol. The second kappa shape index (κ2) is 7.33. The Hall–Kier alpha value is -3.40. The topological polar surface area (TPSA) is 126 Å². The maximum atomic E-state index is 14.7. The zero-order valence-corrected chi connectivity index (χ0v) is 16.7. The number of alkyl halides is 1. The molecule has 0 radical (unpaired) electrons. The van der Waals surface area contributed by atoms with Crippen LogP contribution in [0, 0.1) is 0 Å². The first-order chi connectivity index (χ1) is 15.3. The summed E-state index contributed by atoms with van der Waals surface area (Å²) < 4.78 is 25.6. The van der Waals surface area contributed by atoms with Crippen LogP contribution in [-0.2, 0) is 4.74 Å². The van der Waals surface area contributed by atoms with Crippen molar-refractivity contribution in [3.05, 3.63) is 64.8 Å². The zero-order chi connectivity index (χ0) is 22.7. The van der Waals surface area contributed by atoms with Gasteiger partial charge in [0.05, 0.1) is 11.7 Å². The van der Waals surface area contributed by atoms with Crippen molar-refractivity contribution in [3.63, 3.8) is 0 Å². The van der Waals surface area contributed by atoms with Gasteiger partial charge in [-0.15, -0.1) is 0 Å². The summed E-state index contributed by atoms with van der Waals surface area (Å²) in [6, 6.07) is 9.34. The second-order valence-electron chi connectivity index (χ2n) is 7.78. The predicted octanol–water partition coefficient (Wildman–Crippen LogP) is 1.90. The van der Waals surface area contributed by atoms with Crippen LogP contribution >= 0.6 is 0 Å². The average molecular weight is 439 g/mol. The number of ketones is 2. The summed E-state index contributed by atoms with van der Waals surface area (Å²) in [6.07, 6.45) is -6.66. The van der Waals surface area contributed by atoms with Crippen molar-refractivity contribution in [2.75, 3.05) is 0 Å². The Bertz CT molecular complexity index is 1280. The Morgan fingerprint density at radius 2 is 1.66 bits per heavy atom. The van der Waals surface area contributed by atoms with E-state index in [2.05, 4.69) is 4.98 Å². The Balaban J connectivity index is 1.70. The van der Waals surface area contributed by atoms with Crippen LogP contribution < -0.4 is 4.74 Å². The van der Waals surface area contributed by atoms with E-state index in [0.29, 0.717) is 0 Å². The summed E-state index contributed by atoms with van der Waals surface area (Å²) in [7, 11) is 0. The van der Waals surface area contributed by atoms with Crippen LogP contribution in [0.4, 0.5) is 4.39 Å². The number of ether oxygens (including phenoxy) is 2. The number of aromatic hydroxyl groups is 1. The van der Waals surface area contributed by atoms with Crippen molar-refractivity contribution in [2.24, 2.45) is 0 Å². The van der Waals surface area contributed by atoms with E-state index in [4.69, 9.17) is 9.47 Å². The number of carbonyl (C=O) groups excluding carboxylic acids is 2. The van der Waals surface area contributed by atoms with Crippen LogP contribution in [0.1, 0.15) is 38.8 Å². The molecule has 164 valence electrons. The molecule has 2 heterocycles. The molecule has 3 aromatic rings. The number of aliphatic hydroxyl groups is 2. The van der Waals surface area contributed by atoms with Crippen LogP contribution in [0.3, 0.4) is 0 Å². The van der Waals surface area contributed by atoms with Crippen molar-refractivity contribution >= 4 is 22.5 Å². The summed E-state index contributed by atoms with van der Waals surface area (Å²) in [6.45, 7) is 1.43. The highest BCUT2D eigenvalue weighted by atomic mass is 19.1. The minimum atomic E-state index is -2.14. The van der Waals surface area contributed by atoms with Crippen LogP contribution in [0.5, 0.6) is 11.5 Å². The maximum absolute atomic E-state index is 14.7. The normalized spacial score (nSPS) is 27.2. The smallest absolute Gasteiger partial charge is 0.234 e. The average Bonchev–Trinajstić information content (AvgIpc) is 2.80. The standard InChI is InChI=1S/C23H18FNO7/c1-9-17(26)21(30)15(24)23(31-9)32-22-16-12(7-4-8-25-16)13-14(20(22)29)19(28)11-6-3-2-5-10(11)18(13)27/h2-9,15,17,21,23,26,29-30H,1H3/t9-,15-,17+,21-,23-/m0/s1. The highest BCUT2D eigenvalue weighted by Gasteiger charge is 2.45. The summed E-state index contributed by atoms with van der Waals surface area (Å²) in [5, 5.41) is 31.0. The molecule has 1 aromatic heterocycles. The Labute approximate surface area is 180 Å². The number of hydrogen-bond acceptors (Lipinski definition) is 8. The largest absolute Gasteiger partial charge is 0.504 e. The molecule has 1 aliphatic carbocycles. The first-order valence-corrected chi connectivity index (χ1v) is 9.95. The molecule has 9 heteroatoms. The van der Waals surface area contributed by atoms with Crippen molar-refractivity contribution in [1.29, 1.82) is 0 Å². The first kappa shape index (κ1) is 20.5. The number of aromatic nitrogens is 1. The summed E-state index contributed by atoms with van der Waals surface area (Å²) >= 11 is 0. The van der Waals surface area contributed by atoms with Gasteiger partial charge >= 0.3 is 0 Å². The fourth-order valence-electron chi connectivity index (χ4n) is 4.19. The number of fused-ring (bicyclic) bond motifs is 4. The molecule has 5 atom stereocenters. The van der Waals surface area contributed by atoms with Gasteiger partial charge in [0.1, 0.15) is 17.7 Å². The van der Waals surface area contributed by atoms with Crippen LogP contribution in [0.2, 0.25) is 0 Å². The molecule has 1 aliphatic heterocycles. The quantitative estimate of drug-likeness (QED) is 0.432. The van der Waals surface area contributed by atoms with E-state index in [1.165, 1.54) is 25.3 Å². The Morgan fingerprint density at radius 3 is 2.34 bits per heavy atom. The van der Waals surface area contributed by atoms with E-state index in [9.17, 15) is 29.3 Å². The van der Waals surface area contributed by atoms with E-state index in [0.717, 1.165) is 0 Å². The molecule has 0 unspecified atom stereocenters. The molecule has 0 bridgehead atoms. The summed E-state index contributed by atoms with van der Waals surface area (Å²) in [5.74, 6) is -2.08. The second-order valence-corrected chi connectivity index (χ2v) is 7.78. The highest BCUT2D eigenvalue weighted by molar-refractivity contribution is 6.33. The number of phenols is 1. The molecule has 2 aromatic carbocycles. The molecule has 0 amide bonds. The summed E-state index contributed by atoms with van der Waals surface area (Å²) in [4.78, 5) is 30.6. The molecule has 3 N–H and O–H groups in total. The SMILES string of the molecule is C[C@@H]1O[C@@H](Oc2c(O)c3c(c4cccnc24)C(=O)c2ccccc2C3=O)[C@@H](F)[C@H](O)[C@@H]1O. The van der Waals surface area contributed by atoms with E-state index >= 15 is 0 Å². The number of pyridine rings is 1. The first-order valence-electron chi connectivity index (χ1n) is 9.95. The van der Waals surface area contributed by atoms with Gasteiger partial charge in [-0.2, -0.15) is 0 Å². The lowest BCUT2D eigenvalue weighted by atomic mass is 9.81. The molecule has 1 saturated heterocycles. The fraction of sp³-hybridized carbons (Fsp3) is 0.261. The van der Waals surface area contributed by atoms with Crippen molar-refractivity contribution < 1.29 is 38.8 Å². The lowest BCUT2D eigenvalue weighted by Crippen LogP contribution is -2.56. The van der Waals surface area contributed by atoms with Gasteiger partial charge in [-0.1, -0.05) is 30.3 Å². The van der Waals surface area contributed by atoms with Gasteiger partial charge in [-0.3, -0.25) is 14.6 Å². The number of aliphatic hydroxyl groups excluding tert-OH is 2. The fourth-order valence-corrected chi connectivity index (χ4v) is 4.19. The number of phenolic OH excluding ortho intramolecular Hbond substituents is 1. The molecule has 5 rings (SSSR count). The lowest BCUT2D eigenvalue weighted by molar-refractivity contribution is -0.251. The molecule has 0 spiro atoms. The Kier molecular flexibility index (Phi) is 4.70. The number of rotatable bonds is 2.